The summed E-state index contributed by atoms with van der Waals surface area (Å²) in [5, 5.41) is 9.17. The fourth-order valence-corrected chi connectivity index (χ4v) is 2.92. The van der Waals surface area contributed by atoms with E-state index in [9.17, 15) is 9.59 Å². The van der Waals surface area contributed by atoms with E-state index in [0.29, 0.717) is 11.4 Å². The summed E-state index contributed by atoms with van der Waals surface area (Å²) >= 11 is 0. The smallest absolute Gasteiger partial charge is 0.265 e. The zero-order valence-electron chi connectivity index (χ0n) is 14.5. The van der Waals surface area contributed by atoms with Crippen LogP contribution in [-0.2, 0) is 9.59 Å². The van der Waals surface area contributed by atoms with Crippen molar-refractivity contribution in [1.29, 1.82) is 0 Å². The van der Waals surface area contributed by atoms with Gasteiger partial charge >= 0.3 is 0 Å². The Bertz CT molecular complexity index is 833. The molecule has 26 heavy (non-hydrogen) atoms. The summed E-state index contributed by atoms with van der Waals surface area (Å²) in [5.74, 6) is 0.396. The second-order valence-electron chi connectivity index (χ2n) is 6.73. The van der Waals surface area contributed by atoms with Crippen molar-refractivity contribution in [2.24, 2.45) is 0 Å². The molecule has 2 aromatic carbocycles. The van der Waals surface area contributed by atoms with Crippen molar-refractivity contribution in [3.05, 3.63) is 54.1 Å². The van der Waals surface area contributed by atoms with Gasteiger partial charge in [0.05, 0.1) is 5.69 Å². The molecule has 1 aliphatic heterocycles. The predicted molar refractivity (Wildman–Crippen MR) is 99.1 cm³/mol. The average Bonchev–Trinajstić information content (AvgIpc) is 3.45. The molecule has 0 saturated heterocycles. The highest BCUT2D eigenvalue weighted by Gasteiger charge is 2.29. The normalized spacial score (nSPS) is 19.6. The molecule has 6 nitrogen and oxygen atoms in total. The summed E-state index contributed by atoms with van der Waals surface area (Å²) in [4.78, 5) is 24.5. The van der Waals surface area contributed by atoms with Crippen molar-refractivity contribution in [3.8, 4) is 5.75 Å². The molecule has 3 N–H and O–H groups in total. The summed E-state index contributed by atoms with van der Waals surface area (Å²) < 4.78 is 5.58. The number of fused-ring (bicyclic) bond motifs is 1. The summed E-state index contributed by atoms with van der Waals surface area (Å²) in [5.41, 5.74) is 2.23. The highest BCUT2D eigenvalue weighted by molar-refractivity contribution is 5.98. The Morgan fingerprint density at radius 1 is 1.19 bits per heavy atom. The molecule has 4 rings (SSSR count). The average molecular weight is 351 g/mol. The van der Waals surface area contributed by atoms with Gasteiger partial charge in [-0.15, -0.1) is 0 Å². The van der Waals surface area contributed by atoms with Crippen LogP contribution >= 0.6 is 0 Å². The van der Waals surface area contributed by atoms with Crippen LogP contribution in [0, 0.1) is 0 Å². The van der Waals surface area contributed by atoms with Crippen molar-refractivity contribution in [1.82, 2.24) is 5.32 Å². The van der Waals surface area contributed by atoms with Crippen LogP contribution in [0.5, 0.6) is 5.75 Å². The summed E-state index contributed by atoms with van der Waals surface area (Å²) in [6.45, 7) is 1.71. The molecular weight excluding hydrogens is 330 g/mol. The number of hydrogen-bond donors (Lipinski definition) is 3. The lowest BCUT2D eigenvalue weighted by molar-refractivity contribution is -0.123. The molecule has 1 aliphatic carbocycles. The third-order valence-corrected chi connectivity index (χ3v) is 4.54. The number of benzene rings is 2. The fourth-order valence-electron chi connectivity index (χ4n) is 2.92. The van der Waals surface area contributed by atoms with Crippen LogP contribution in [0.3, 0.4) is 0 Å². The second kappa shape index (κ2) is 6.71. The van der Waals surface area contributed by atoms with Crippen LogP contribution in [0.1, 0.15) is 31.4 Å². The first-order valence-electron chi connectivity index (χ1n) is 8.83. The van der Waals surface area contributed by atoms with E-state index in [1.54, 1.807) is 19.1 Å². The molecule has 6 heteroatoms. The molecule has 0 bridgehead atoms. The van der Waals surface area contributed by atoms with Gasteiger partial charge < -0.3 is 20.7 Å². The van der Waals surface area contributed by atoms with Crippen LogP contribution in [0.15, 0.2) is 48.5 Å². The van der Waals surface area contributed by atoms with Gasteiger partial charge in [-0.3, -0.25) is 9.59 Å². The predicted octanol–water partition coefficient (Wildman–Crippen LogP) is 2.84. The Morgan fingerprint density at radius 2 is 1.96 bits per heavy atom. The van der Waals surface area contributed by atoms with E-state index in [-0.39, 0.29) is 17.9 Å². The van der Waals surface area contributed by atoms with Gasteiger partial charge in [0.1, 0.15) is 11.8 Å². The Balaban J connectivity index is 1.58. The molecule has 1 saturated carbocycles. The van der Waals surface area contributed by atoms with E-state index >= 15 is 0 Å². The van der Waals surface area contributed by atoms with Crippen LogP contribution < -0.4 is 20.7 Å². The molecule has 0 aromatic heterocycles. The standard InChI is InChI=1S/C20H21N3O3/c1-12-19(24)23-16-11-15(9-10-17(16)26-12)21-18(13-5-3-2-4-6-13)20(25)22-14-7-8-14/h2-6,9-12,14,18,21H,7-8H2,1H3,(H,22,25)(H,23,24). The summed E-state index contributed by atoms with van der Waals surface area (Å²) in [6.07, 6.45) is 1.56. The highest BCUT2D eigenvalue weighted by Crippen LogP contribution is 2.33. The van der Waals surface area contributed by atoms with Gasteiger partial charge in [0.2, 0.25) is 5.91 Å². The third-order valence-electron chi connectivity index (χ3n) is 4.54. The van der Waals surface area contributed by atoms with Gasteiger partial charge in [-0.25, -0.2) is 0 Å². The van der Waals surface area contributed by atoms with Crippen LogP contribution in [0.2, 0.25) is 0 Å². The lowest BCUT2D eigenvalue weighted by Gasteiger charge is -2.25. The van der Waals surface area contributed by atoms with Crippen LogP contribution in [0.25, 0.3) is 0 Å². The molecule has 1 fully saturated rings. The molecule has 2 aromatic rings. The topological polar surface area (TPSA) is 79.5 Å². The maximum Gasteiger partial charge on any atom is 0.265 e. The summed E-state index contributed by atoms with van der Waals surface area (Å²) in [7, 11) is 0. The lowest BCUT2D eigenvalue weighted by atomic mass is 10.1. The Hall–Kier alpha value is -3.02. The van der Waals surface area contributed by atoms with Crippen LogP contribution in [-0.4, -0.2) is 24.0 Å². The van der Waals surface area contributed by atoms with Crippen molar-refractivity contribution in [2.45, 2.75) is 38.0 Å². The number of anilines is 2. The van der Waals surface area contributed by atoms with E-state index in [1.807, 2.05) is 36.4 Å². The number of rotatable bonds is 5. The highest BCUT2D eigenvalue weighted by atomic mass is 16.5. The zero-order valence-corrected chi connectivity index (χ0v) is 14.5. The van der Waals surface area contributed by atoms with E-state index in [2.05, 4.69) is 16.0 Å². The molecule has 2 amide bonds. The minimum Gasteiger partial charge on any atom is -0.479 e. The number of ether oxygens (including phenoxy) is 1. The van der Waals surface area contributed by atoms with E-state index in [4.69, 9.17) is 4.74 Å². The molecule has 134 valence electrons. The first-order chi connectivity index (χ1) is 12.6. The van der Waals surface area contributed by atoms with Gasteiger partial charge in [0.25, 0.3) is 5.91 Å². The lowest BCUT2D eigenvalue weighted by Crippen LogP contribution is -2.35. The number of carbonyl (C=O) groups is 2. The maximum atomic E-state index is 12.7. The van der Waals surface area contributed by atoms with Gasteiger partial charge in [-0.2, -0.15) is 0 Å². The van der Waals surface area contributed by atoms with Crippen molar-refractivity contribution in [2.75, 3.05) is 10.6 Å². The van der Waals surface area contributed by atoms with Gasteiger partial charge in [-0.1, -0.05) is 30.3 Å². The fraction of sp³-hybridized carbons (Fsp3) is 0.300. The molecule has 2 unspecified atom stereocenters. The molecular formula is C20H21N3O3. The minimum atomic E-state index is -0.511. The van der Waals surface area contributed by atoms with E-state index in [1.165, 1.54) is 0 Å². The number of amides is 2. The van der Waals surface area contributed by atoms with Crippen molar-refractivity contribution in [3.63, 3.8) is 0 Å². The second-order valence-corrected chi connectivity index (χ2v) is 6.73. The minimum absolute atomic E-state index is 0.0506. The van der Waals surface area contributed by atoms with Gasteiger partial charge in [0.15, 0.2) is 6.10 Å². The Labute approximate surface area is 151 Å². The third kappa shape index (κ3) is 3.49. The largest absolute Gasteiger partial charge is 0.479 e. The number of carbonyl (C=O) groups excluding carboxylic acids is 2. The molecule has 0 spiro atoms. The van der Waals surface area contributed by atoms with Gasteiger partial charge in [-0.05, 0) is 43.5 Å². The quantitative estimate of drug-likeness (QED) is 0.774. The van der Waals surface area contributed by atoms with Crippen molar-refractivity contribution < 1.29 is 14.3 Å². The maximum absolute atomic E-state index is 12.7. The number of hydrogen-bond acceptors (Lipinski definition) is 4. The SMILES string of the molecule is CC1Oc2ccc(NC(C(=O)NC3CC3)c3ccccc3)cc2NC1=O. The summed E-state index contributed by atoms with van der Waals surface area (Å²) in [6, 6.07) is 14.8. The first kappa shape index (κ1) is 16.4. The first-order valence-corrected chi connectivity index (χ1v) is 8.83. The molecule has 2 atom stereocenters. The van der Waals surface area contributed by atoms with Crippen molar-refractivity contribution >= 4 is 23.2 Å². The Morgan fingerprint density at radius 3 is 2.69 bits per heavy atom. The van der Waals surface area contributed by atoms with E-state index in [0.717, 1.165) is 24.1 Å². The zero-order chi connectivity index (χ0) is 18.1. The van der Waals surface area contributed by atoms with Gasteiger partial charge in [0, 0.05) is 11.7 Å². The number of nitrogens with one attached hydrogen (secondary N) is 3. The van der Waals surface area contributed by atoms with Crippen LogP contribution in [0.4, 0.5) is 11.4 Å². The molecule has 2 aliphatic rings. The van der Waals surface area contributed by atoms with E-state index < -0.39 is 12.1 Å². The Kier molecular flexibility index (Phi) is 4.24. The molecule has 0 radical (unpaired) electrons. The monoisotopic (exact) mass is 351 g/mol. The molecule has 1 heterocycles.